The van der Waals surface area contributed by atoms with E-state index in [9.17, 15) is 13.5 Å². The zero-order chi connectivity index (χ0) is 20.6. The predicted octanol–water partition coefficient (Wildman–Crippen LogP) is 2.19. The maximum Gasteiger partial charge on any atom is 0.180 e. The summed E-state index contributed by atoms with van der Waals surface area (Å²) in [4.78, 5) is 0.168. The van der Waals surface area contributed by atoms with E-state index in [1.807, 2.05) is 30.3 Å². The minimum Gasteiger partial charge on any atom is -0.497 e. The smallest absolute Gasteiger partial charge is 0.180 e. The van der Waals surface area contributed by atoms with Gasteiger partial charge in [0.2, 0.25) is 0 Å². The van der Waals surface area contributed by atoms with Crippen LogP contribution in [0.3, 0.4) is 0 Å². The molecule has 0 unspecified atom stereocenters. The van der Waals surface area contributed by atoms with Gasteiger partial charge in [0.15, 0.2) is 9.84 Å². The van der Waals surface area contributed by atoms with Crippen molar-refractivity contribution in [3.05, 3.63) is 60.2 Å². The molecule has 0 fully saturated rings. The lowest BCUT2D eigenvalue weighted by molar-refractivity contribution is 0.137. The average molecular weight is 407 g/mol. The van der Waals surface area contributed by atoms with Crippen LogP contribution in [0.1, 0.15) is 19.4 Å². The van der Waals surface area contributed by atoms with Crippen molar-refractivity contribution in [3.8, 4) is 5.75 Å². The molecule has 0 saturated carbocycles. The molecule has 2 atom stereocenters. The predicted molar refractivity (Wildman–Crippen MR) is 111 cm³/mol. The normalized spacial score (nSPS) is 14.0. The maximum atomic E-state index is 12.7. The number of benzene rings is 2. The number of methoxy groups -OCH3 is 1. The SMILES string of the molecule is COc1ccc(S(=O)(=O)C[C@H](O)[C@H](Cc2ccccc2)NNCC(C)C)cc1. The molecular weight excluding hydrogens is 376 g/mol. The number of sulfone groups is 1. The lowest BCUT2D eigenvalue weighted by atomic mass is 10.0. The third-order valence-electron chi connectivity index (χ3n) is 4.37. The van der Waals surface area contributed by atoms with Crippen LogP contribution in [0.2, 0.25) is 0 Å². The zero-order valence-corrected chi connectivity index (χ0v) is 17.4. The molecule has 0 aliphatic heterocycles. The van der Waals surface area contributed by atoms with Crippen molar-refractivity contribution >= 4 is 9.84 Å². The molecule has 0 bridgehead atoms. The van der Waals surface area contributed by atoms with Gasteiger partial charge in [-0.1, -0.05) is 44.2 Å². The van der Waals surface area contributed by atoms with Gasteiger partial charge in [0.1, 0.15) is 5.75 Å². The topological polar surface area (TPSA) is 87.7 Å². The highest BCUT2D eigenvalue weighted by Crippen LogP contribution is 2.18. The number of aliphatic hydroxyl groups is 1. The van der Waals surface area contributed by atoms with Crippen molar-refractivity contribution in [2.45, 2.75) is 37.3 Å². The molecule has 6 nitrogen and oxygen atoms in total. The molecular formula is C21H30N2O4S. The van der Waals surface area contributed by atoms with Gasteiger partial charge >= 0.3 is 0 Å². The molecule has 0 saturated heterocycles. The summed E-state index contributed by atoms with van der Waals surface area (Å²) in [6, 6.07) is 15.4. The molecule has 0 amide bonds. The lowest BCUT2D eigenvalue weighted by Gasteiger charge is -2.25. The fourth-order valence-corrected chi connectivity index (χ4v) is 4.19. The van der Waals surface area contributed by atoms with Crippen molar-refractivity contribution in [2.75, 3.05) is 19.4 Å². The monoisotopic (exact) mass is 406 g/mol. The molecule has 2 aromatic rings. The minimum absolute atomic E-state index is 0.168. The third-order valence-corrected chi connectivity index (χ3v) is 6.14. The maximum absolute atomic E-state index is 12.7. The number of ether oxygens (including phenoxy) is 1. The Labute approximate surface area is 167 Å². The third kappa shape index (κ3) is 6.91. The van der Waals surface area contributed by atoms with E-state index < -0.39 is 22.0 Å². The first-order valence-electron chi connectivity index (χ1n) is 9.39. The molecule has 28 heavy (non-hydrogen) atoms. The highest BCUT2D eigenvalue weighted by Gasteiger charge is 2.26. The first-order valence-corrected chi connectivity index (χ1v) is 11.0. The zero-order valence-electron chi connectivity index (χ0n) is 16.6. The van der Waals surface area contributed by atoms with Gasteiger partial charge in [0.25, 0.3) is 0 Å². The van der Waals surface area contributed by atoms with Gasteiger partial charge < -0.3 is 9.84 Å². The van der Waals surface area contributed by atoms with Gasteiger partial charge in [-0.3, -0.25) is 10.9 Å². The minimum atomic E-state index is -3.64. The Morgan fingerprint density at radius 2 is 1.68 bits per heavy atom. The summed E-state index contributed by atoms with van der Waals surface area (Å²) < 4.78 is 30.5. The van der Waals surface area contributed by atoms with Gasteiger partial charge in [0.05, 0.1) is 29.9 Å². The van der Waals surface area contributed by atoms with E-state index >= 15 is 0 Å². The fraction of sp³-hybridized carbons (Fsp3) is 0.429. The highest BCUT2D eigenvalue weighted by atomic mass is 32.2. The van der Waals surface area contributed by atoms with E-state index in [0.717, 1.165) is 5.56 Å². The average Bonchev–Trinajstić information content (AvgIpc) is 2.67. The van der Waals surface area contributed by atoms with Crippen LogP contribution in [0.15, 0.2) is 59.5 Å². The Hall–Kier alpha value is -1.93. The summed E-state index contributed by atoms with van der Waals surface area (Å²) in [5, 5.41) is 10.7. The summed E-state index contributed by atoms with van der Waals surface area (Å²) in [6.45, 7) is 4.86. The molecule has 2 rings (SSSR count). The number of aliphatic hydroxyl groups excluding tert-OH is 1. The molecule has 0 aromatic heterocycles. The second-order valence-corrected chi connectivity index (χ2v) is 9.27. The molecule has 0 heterocycles. The lowest BCUT2D eigenvalue weighted by Crippen LogP contribution is -2.51. The Morgan fingerprint density at radius 1 is 1.04 bits per heavy atom. The van der Waals surface area contributed by atoms with Crippen molar-refractivity contribution in [2.24, 2.45) is 5.92 Å². The number of hydrogen-bond acceptors (Lipinski definition) is 6. The van der Waals surface area contributed by atoms with E-state index in [1.165, 1.54) is 19.2 Å². The standard InChI is InChI=1S/C21H30N2O4S/c1-16(2)14-22-23-20(13-17-7-5-4-6-8-17)21(24)15-28(25,26)19-11-9-18(27-3)10-12-19/h4-12,16,20-24H,13-15H2,1-3H3/t20-,21-/m0/s1. The summed E-state index contributed by atoms with van der Waals surface area (Å²) in [5.74, 6) is 0.638. The van der Waals surface area contributed by atoms with Crippen LogP contribution in [0, 0.1) is 5.92 Å². The van der Waals surface area contributed by atoms with E-state index in [4.69, 9.17) is 4.74 Å². The summed E-state index contributed by atoms with van der Waals surface area (Å²) in [5.41, 5.74) is 7.23. The first kappa shape index (κ1) is 22.4. The van der Waals surface area contributed by atoms with Gasteiger partial charge in [0, 0.05) is 6.54 Å². The Morgan fingerprint density at radius 3 is 2.25 bits per heavy atom. The molecule has 2 aromatic carbocycles. The Balaban J connectivity index is 2.11. The summed E-state index contributed by atoms with van der Waals surface area (Å²) >= 11 is 0. The van der Waals surface area contributed by atoms with Crippen LogP contribution < -0.4 is 15.6 Å². The number of nitrogens with one attached hydrogen (secondary N) is 2. The van der Waals surface area contributed by atoms with Crippen molar-refractivity contribution in [1.82, 2.24) is 10.9 Å². The van der Waals surface area contributed by atoms with Crippen molar-refractivity contribution in [3.63, 3.8) is 0 Å². The molecule has 0 radical (unpaired) electrons. The van der Waals surface area contributed by atoms with E-state index in [1.54, 1.807) is 12.1 Å². The van der Waals surface area contributed by atoms with Gasteiger partial charge in [-0.2, -0.15) is 0 Å². The molecule has 0 aliphatic rings. The van der Waals surface area contributed by atoms with E-state index in [-0.39, 0.29) is 10.6 Å². The molecule has 0 aliphatic carbocycles. The van der Waals surface area contributed by atoms with Crippen molar-refractivity contribution < 1.29 is 18.3 Å². The van der Waals surface area contributed by atoms with Crippen LogP contribution in [0.5, 0.6) is 5.75 Å². The molecule has 0 spiro atoms. The summed E-state index contributed by atoms with van der Waals surface area (Å²) in [7, 11) is -2.11. The second kappa shape index (κ2) is 10.6. The van der Waals surface area contributed by atoms with Crippen LogP contribution in [0.25, 0.3) is 0 Å². The quantitative estimate of drug-likeness (QED) is 0.496. The highest BCUT2D eigenvalue weighted by molar-refractivity contribution is 7.91. The fourth-order valence-electron chi connectivity index (χ4n) is 2.77. The molecule has 7 heteroatoms. The number of hydrogen-bond donors (Lipinski definition) is 3. The molecule has 3 N–H and O–H groups in total. The second-order valence-electron chi connectivity index (χ2n) is 7.24. The molecule has 154 valence electrons. The van der Waals surface area contributed by atoms with Gasteiger partial charge in [-0.25, -0.2) is 8.42 Å². The first-order chi connectivity index (χ1) is 13.3. The number of rotatable bonds is 11. The van der Waals surface area contributed by atoms with Gasteiger partial charge in [-0.05, 0) is 42.2 Å². The number of hydrazine groups is 1. The summed E-state index contributed by atoms with van der Waals surface area (Å²) in [6.07, 6.45) is -0.572. The van der Waals surface area contributed by atoms with Gasteiger partial charge in [-0.15, -0.1) is 0 Å². The van der Waals surface area contributed by atoms with Crippen LogP contribution in [-0.4, -0.2) is 45.1 Å². The van der Waals surface area contributed by atoms with Crippen molar-refractivity contribution in [1.29, 1.82) is 0 Å². The van der Waals surface area contributed by atoms with E-state index in [0.29, 0.717) is 24.6 Å². The van der Waals surface area contributed by atoms with Crippen LogP contribution >= 0.6 is 0 Å². The largest absolute Gasteiger partial charge is 0.497 e. The van der Waals surface area contributed by atoms with Crippen LogP contribution in [0.4, 0.5) is 0 Å². The van der Waals surface area contributed by atoms with Crippen LogP contribution in [-0.2, 0) is 16.3 Å². The Bertz CT molecular complexity index is 808. The van der Waals surface area contributed by atoms with E-state index in [2.05, 4.69) is 24.7 Å². The Kier molecular flexibility index (Phi) is 8.44.